The van der Waals surface area contributed by atoms with Crippen molar-refractivity contribution in [2.24, 2.45) is 4.99 Å². The van der Waals surface area contributed by atoms with Gasteiger partial charge in [-0.2, -0.15) is 0 Å². The Morgan fingerprint density at radius 1 is 1.30 bits per heavy atom. The minimum atomic E-state index is -0.0254. The number of rotatable bonds is 4. The number of carbonyl (C=O) groups excluding carboxylic acids is 1. The second-order valence-electron chi connectivity index (χ2n) is 5.00. The molecular weight excluding hydrogens is 310 g/mol. The molecule has 0 unspecified atom stereocenters. The number of benzene rings is 1. The standard InChI is InChI=1S/C17H17N3O2S/c1-22-15-6-4-14(5-7-15)16(21)20-10-9-19-17(20)23-12-13-3-2-8-18-11-13/h2-8,11H,9-10,12H2,1H3. The fourth-order valence-electron chi connectivity index (χ4n) is 2.26. The third kappa shape index (κ3) is 3.71. The van der Waals surface area contributed by atoms with Gasteiger partial charge in [0.15, 0.2) is 5.17 Å². The third-order valence-electron chi connectivity index (χ3n) is 3.47. The highest BCUT2D eigenvalue weighted by atomic mass is 32.2. The number of aromatic nitrogens is 1. The van der Waals surface area contributed by atoms with Gasteiger partial charge in [0.1, 0.15) is 5.75 Å². The van der Waals surface area contributed by atoms with Crippen LogP contribution >= 0.6 is 11.8 Å². The van der Waals surface area contributed by atoms with Crippen molar-refractivity contribution >= 4 is 22.8 Å². The number of amidine groups is 1. The Morgan fingerprint density at radius 3 is 2.83 bits per heavy atom. The van der Waals surface area contributed by atoms with Crippen molar-refractivity contribution in [3.05, 3.63) is 59.9 Å². The normalized spacial score (nSPS) is 13.8. The molecule has 0 atom stereocenters. The number of aliphatic imine (C=N–C) groups is 1. The van der Waals surface area contributed by atoms with Crippen LogP contribution in [0.5, 0.6) is 5.75 Å². The first-order valence-corrected chi connectivity index (χ1v) is 8.28. The van der Waals surface area contributed by atoms with Crippen LogP contribution < -0.4 is 4.74 Å². The van der Waals surface area contributed by atoms with Gasteiger partial charge in [-0.15, -0.1) is 0 Å². The minimum absolute atomic E-state index is 0.0254. The number of amides is 1. The lowest BCUT2D eigenvalue weighted by molar-refractivity contribution is 0.0860. The number of ether oxygens (including phenoxy) is 1. The van der Waals surface area contributed by atoms with Crippen molar-refractivity contribution in [3.8, 4) is 5.75 Å². The lowest BCUT2D eigenvalue weighted by Gasteiger charge is -2.18. The van der Waals surface area contributed by atoms with Crippen LogP contribution in [-0.2, 0) is 5.75 Å². The van der Waals surface area contributed by atoms with E-state index in [0.717, 1.165) is 22.2 Å². The summed E-state index contributed by atoms with van der Waals surface area (Å²) in [5.74, 6) is 1.46. The molecule has 3 rings (SSSR count). The molecular formula is C17H17N3O2S. The molecule has 0 fully saturated rings. The first-order chi connectivity index (χ1) is 11.3. The Bertz CT molecular complexity index is 702. The van der Waals surface area contributed by atoms with E-state index in [-0.39, 0.29) is 5.91 Å². The minimum Gasteiger partial charge on any atom is -0.497 e. The summed E-state index contributed by atoms with van der Waals surface area (Å²) in [5.41, 5.74) is 1.76. The molecule has 0 aliphatic carbocycles. The van der Waals surface area contributed by atoms with Crippen LogP contribution in [-0.4, -0.2) is 41.2 Å². The molecule has 1 aromatic heterocycles. The molecule has 5 nitrogen and oxygen atoms in total. The van der Waals surface area contributed by atoms with Gasteiger partial charge in [-0.1, -0.05) is 17.8 Å². The molecule has 0 saturated heterocycles. The smallest absolute Gasteiger partial charge is 0.259 e. The van der Waals surface area contributed by atoms with E-state index in [0.29, 0.717) is 18.7 Å². The van der Waals surface area contributed by atoms with Gasteiger partial charge in [0.2, 0.25) is 0 Å². The summed E-state index contributed by atoms with van der Waals surface area (Å²) in [6.45, 7) is 1.28. The van der Waals surface area contributed by atoms with Crippen molar-refractivity contribution in [2.45, 2.75) is 5.75 Å². The Labute approximate surface area is 139 Å². The Kier molecular flexibility index (Phi) is 4.92. The third-order valence-corrected chi connectivity index (χ3v) is 4.56. The monoisotopic (exact) mass is 327 g/mol. The topological polar surface area (TPSA) is 54.8 Å². The highest BCUT2D eigenvalue weighted by Crippen LogP contribution is 2.21. The van der Waals surface area contributed by atoms with Crippen molar-refractivity contribution in [2.75, 3.05) is 20.2 Å². The maximum atomic E-state index is 12.6. The van der Waals surface area contributed by atoms with E-state index in [1.54, 1.807) is 54.2 Å². The van der Waals surface area contributed by atoms with Crippen molar-refractivity contribution in [1.29, 1.82) is 0 Å². The zero-order valence-electron chi connectivity index (χ0n) is 12.8. The first-order valence-electron chi connectivity index (χ1n) is 7.30. The molecule has 2 heterocycles. The summed E-state index contributed by atoms with van der Waals surface area (Å²) in [5, 5.41) is 0.773. The quantitative estimate of drug-likeness (QED) is 0.866. The Hall–Kier alpha value is -2.34. The summed E-state index contributed by atoms with van der Waals surface area (Å²) in [6, 6.07) is 11.1. The fraction of sp³-hybridized carbons (Fsp3) is 0.235. The number of carbonyl (C=O) groups is 1. The number of hydrogen-bond acceptors (Lipinski definition) is 5. The second-order valence-corrected chi connectivity index (χ2v) is 5.94. The van der Waals surface area contributed by atoms with Gasteiger partial charge in [0.05, 0.1) is 13.7 Å². The number of thioether (sulfide) groups is 1. The summed E-state index contributed by atoms with van der Waals surface area (Å²) < 4.78 is 5.12. The first kappa shape index (κ1) is 15.6. The molecule has 23 heavy (non-hydrogen) atoms. The molecule has 2 aromatic rings. The molecule has 0 saturated carbocycles. The van der Waals surface area contributed by atoms with Gasteiger partial charge < -0.3 is 4.74 Å². The highest BCUT2D eigenvalue weighted by molar-refractivity contribution is 8.13. The van der Waals surface area contributed by atoms with E-state index in [1.165, 1.54) is 0 Å². The van der Waals surface area contributed by atoms with Gasteiger partial charge >= 0.3 is 0 Å². The molecule has 1 aliphatic rings. The van der Waals surface area contributed by atoms with E-state index >= 15 is 0 Å². The highest BCUT2D eigenvalue weighted by Gasteiger charge is 2.25. The lowest BCUT2D eigenvalue weighted by atomic mass is 10.2. The Morgan fingerprint density at radius 2 is 2.13 bits per heavy atom. The molecule has 0 radical (unpaired) electrons. The van der Waals surface area contributed by atoms with Crippen LogP contribution in [0.3, 0.4) is 0 Å². The predicted octanol–water partition coefficient (Wildman–Crippen LogP) is 2.84. The number of nitrogens with zero attached hydrogens (tertiary/aromatic N) is 3. The maximum Gasteiger partial charge on any atom is 0.259 e. The summed E-state index contributed by atoms with van der Waals surface area (Å²) in [4.78, 5) is 22.9. The van der Waals surface area contributed by atoms with Gasteiger partial charge in [0.25, 0.3) is 5.91 Å². The van der Waals surface area contributed by atoms with Gasteiger partial charge in [0, 0.05) is 30.3 Å². The van der Waals surface area contributed by atoms with E-state index in [2.05, 4.69) is 9.98 Å². The molecule has 1 aliphatic heterocycles. The largest absolute Gasteiger partial charge is 0.497 e. The Balaban J connectivity index is 1.66. The number of hydrogen-bond donors (Lipinski definition) is 0. The number of methoxy groups -OCH3 is 1. The lowest BCUT2D eigenvalue weighted by Crippen LogP contribution is -2.32. The molecule has 1 amide bonds. The summed E-state index contributed by atoms with van der Waals surface area (Å²) in [6.07, 6.45) is 3.58. The van der Waals surface area contributed by atoms with E-state index in [1.807, 2.05) is 18.3 Å². The van der Waals surface area contributed by atoms with Crippen LogP contribution in [0.15, 0.2) is 53.8 Å². The van der Waals surface area contributed by atoms with Crippen molar-refractivity contribution in [3.63, 3.8) is 0 Å². The zero-order valence-corrected chi connectivity index (χ0v) is 13.6. The predicted molar refractivity (Wildman–Crippen MR) is 91.9 cm³/mol. The summed E-state index contributed by atoms with van der Waals surface area (Å²) in [7, 11) is 1.61. The molecule has 118 valence electrons. The van der Waals surface area contributed by atoms with E-state index in [4.69, 9.17) is 4.74 Å². The van der Waals surface area contributed by atoms with Gasteiger partial charge in [-0.3, -0.25) is 19.7 Å². The zero-order chi connectivity index (χ0) is 16.1. The molecule has 0 N–H and O–H groups in total. The average Bonchev–Trinajstić information content (AvgIpc) is 3.09. The number of pyridine rings is 1. The molecule has 1 aromatic carbocycles. The van der Waals surface area contributed by atoms with E-state index < -0.39 is 0 Å². The van der Waals surface area contributed by atoms with Crippen molar-refractivity contribution in [1.82, 2.24) is 9.88 Å². The van der Waals surface area contributed by atoms with Crippen LogP contribution in [0.1, 0.15) is 15.9 Å². The molecule has 0 spiro atoms. The SMILES string of the molecule is COc1ccc(C(=O)N2CCN=C2SCc2cccnc2)cc1. The molecule has 0 bridgehead atoms. The average molecular weight is 327 g/mol. The maximum absolute atomic E-state index is 12.6. The molecule has 6 heteroatoms. The van der Waals surface area contributed by atoms with Crippen LogP contribution in [0, 0.1) is 0 Å². The fourth-order valence-corrected chi connectivity index (χ4v) is 3.24. The van der Waals surface area contributed by atoms with E-state index in [9.17, 15) is 4.79 Å². The van der Waals surface area contributed by atoms with Crippen LogP contribution in [0.2, 0.25) is 0 Å². The second kappa shape index (κ2) is 7.28. The van der Waals surface area contributed by atoms with Gasteiger partial charge in [-0.05, 0) is 35.9 Å². The summed E-state index contributed by atoms with van der Waals surface area (Å²) >= 11 is 1.57. The van der Waals surface area contributed by atoms with Crippen molar-refractivity contribution < 1.29 is 9.53 Å². The van der Waals surface area contributed by atoms with Gasteiger partial charge in [-0.25, -0.2) is 0 Å². The van der Waals surface area contributed by atoms with Crippen LogP contribution in [0.4, 0.5) is 0 Å². The van der Waals surface area contributed by atoms with Crippen LogP contribution in [0.25, 0.3) is 0 Å².